The van der Waals surface area contributed by atoms with E-state index in [2.05, 4.69) is 15.2 Å². The summed E-state index contributed by atoms with van der Waals surface area (Å²) in [6.45, 7) is 3.89. The number of aromatic nitrogens is 1. The minimum atomic E-state index is -4.50. The first-order valence-electron chi connectivity index (χ1n) is 7.43. The van der Waals surface area contributed by atoms with Gasteiger partial charge in [0.25, 0.3) is 5.91 Å². The molecule has 8 heteroatoms. The van der Waals surface area contributed by atoms with Crippen molar-refractivity contribution in [3.63, 3.8) is 0 Å². The van der Waals surface area contributed by atoms with Crippen LogP contribution in [0.15, 0.2) is 18.3 Å². The van der Waals surface area contributed by atoms with Gasteiger partial charge in [-0.05, 0) is 31.0 Å². The first kappa shape index (κ1) is 17.7. The normalized spacial score (nSPS) is 19.0. The minimum Gasteiger partial charge on any atom is -0.383 e. The maximum Gasteiger partial charge on any atom is 0.433 e. The number of methoxy groups -OCH3 is 1. The number of likely N-dealkylation sites (tertiary alicyclic amines) is 1. The number of halogens is 3. The van der Waals surface area contributed by atoms with Gasteiger partial charge in [-0.2, -0.15) is 13.2 Å². The van der Waals surface area contributed by atoms with Crippen molar-refractivity contribution in [3.8, 4) is 0 Å². The van der Waals surface area contributed by atoms with Crippen molar-refractivity contribution in [3.05, 3.63) is 29.6 Å². The van der Waals surface area contributed by atoms with Crippen LogP contribution in [0.1, 0.15) is 22.5 Å². The Kier molecular flexibility index (Phi) is 5.95. The van der Waals surface area contributed by atoms with Crippen LogP contribution in [0.5, 0.6) is 0 Å². The van der Waals surface area contributed by atoms with Crippen molar-refractivity contribution < 1.29 is 22.7 Å². The second-order valence-electron chi connectivity index (χ2n) is 5.59. The molecule has 128 valence electrons. The Balaban J connectivity index is 1.79. The van der Waals surface area contributed by atoms with Crippen molar-refractivity contribution in [2.24, 2.45) is 5.92 Å². The number of hydrogen-bond donors (Lipinski definition) is 1. The van der Waals surface area contributed by atoms with E-state index in [0.717, 1.165) is 44.4 Å². The monoisotopic (exact) mass is 331 g/mol. The standard InChI is InChI=1S/C15H20F3N3O2/c1-23-7-6-21-5-4-11(10-21)8-20-14(22)12-2-3-13(19-9-12)15(16,17)18/h2-3,9,11H,4-8,10H2,1H3,(H,20,22)/t11-/m1/s1. The quantitative estimate of drug-likeness (QED) is 0.864. The second-order valence-corrected chi connectivity index (χ2v) is 5.59. The molecule has 0 aliphatic carbocycles. The van der Waals surface area contributed by atoms with Crippen LogP contribution < -0.4 is 5.32 Å². The largest absolute Gasteiger partial charge is 0.433 e. The van der Waals surface area contributed by atoms with Crippen LogP contribution in [0.25, 0.3) is 0 Å². The Bertz CT molecular complexity index is 520. The van der Waals surface area contributed by atoms with Crippen LogP contribution in [-0.2, 0) is 10.9 Å². The van der Waals surface area contributed by atoms with E-state index in [9.17, 15) is 18.0 Å². The highest BCUT2D eigenvalue weighted by Crippen LogP contribution is 2.27. The summed E-state index contributed by atoms with van der Waals surface area (Å²) in [4.78, 5) is 17.5. The van der Waals surface area contributed by atoms with E-state index < -0.39 is 17.8 Å². The number of nitrogens with zero attached hydrogens (tertiary/aromatic N) is 2. The molecule has 2 rings (SSSR count). The molecule has 1 aromatic rings. The number of carbonyl (C=O) groups excluding carboxylic acids is 1. The van der Waals surface area contributed by atoms with Gasteiger partial charge in [0.2, 0.25) is 0 Å². The predicted molar refractivity (Wildman–Crippen MR) is 78.0 cm³/mol. The van der Waals surface area contributed by atoms with Gasteiger partial charge in [0, 0.05) is 32.9 Å². The SMILES string of the molecule is COCCN1CC[C@H](CNC(=O)c2ccc(C(F)(F)F)nc2)C1. The van der Waals surface area contributed by atoms with Gasteiger partial charge in [0.15, 0.2) is 0 Å². The topological polar surface area (TPSA) is 54.5 Å². The molecular weight excluding hydrogens is 311 g/mol. The van der Waals surface area contributed by atoms with E-state index in [1.165, 1.54) is 0 Å². The Morgan fingerprint density at radius 1 is 1.48 bits per heavy atom. The fraction of sp³-hybridized carbons (Fsp3) is 0.600. The molecule has 5 nitrogen and oxygen atoms in total. The highest BCUT2D eigenvalue weighted by molar-refractivity contribution is 5.93. The van der Waals surface area contributed by atoms with Crippen molar-refractivity contribution in [1.29, 1.82) is 0 Å². The van der Waals surface area contributed by atoms with Gasteiger partial charge in [-0.25, -0.2) is 0 Å². The van der Waals surface area contributed by atoms with Crippen LogP contribution in [-0.4, -0.2) is 55.7 Å². The molecule has 1 N–H and O–H groups in total. The lowest BCUT2D eigenvalue weighted by atomic mass is 10.1. The number of rotatable bonds is 6. The number of ether oxygens (including phenoxy) is 1. The molecule has 0 spiro atoms. The Morgan fingerprint density at radius 3 is 2.87 bits per heavy atom. The zero-order valence-corrected chi connectivity index (χ0v) is 12.9. The first-order chi connectivity index (χ1) is 10.9. The molecule has 1 aliphatic heterocycles. The molecule has 0 aromatic carbocycles. The maximum atomic E-state index is 12.4. The minimum absolute atomic E-state index is 0.132. The Morgan fingerprint density at radius 2 is 2.26 bits per heavy atom. The average Bonchev–Trinajstić information content (AvgIpc) is 2.98. The van der Waals surface area contributed by atoms with Crippen LogP contribution in [0.3, 0.4) is 0 Å². The lowest BCUT2D eigenvalue weighted by Gasteiger charge is -2.15. The van der Waals surface area contributed by atoms with E-state index in [-0.39, 0.29) is 5.56 Å². The molecule has 1 fully saturated rings. The first-order valence-corrected chi connectivity index (χ1v) is 7.43. The molecule has 1 atom stereocenters. The smallest absolute Gasteiger partial charge is 0.383 e. The van der Waals surface area contributed by atoms with E-state index in [0.29, 0.717) is 19.1 Å². The Labute approximate surface area is 132 Å². The van der Waals surface area contributed by atoms with Crippen LogP contribution in [0, 0.1) is 5.92 Å². The number of pyridine rings is 1. The number of amides is 1. The zero-order valence-electron chi connectivity index (χ0n) is 12.9. The molecule has 1 aromatic heterocycles. The van der Waals surface area contributed by atoms with Crippen molar-refractivity contribution in [2.75, 3.05) is 39.9 Å². The molecule has 1 saturated heterocycles. The fourth-order valence-corrected chi connectivity index (χ4v) is 2.54. The summed E-state index contributed by atoms with van der Waals surface area (Å²) in [7, 11) is 1.66. The summed E-state index contributed by atoms with van der Waals surface area (Å²) in [5.41, 5.74) is -0.870. The summed E-state index contributed by atoms with van der Waals surface area (Å²) in [5.74, 6) is -0.0558. The van der Waals surface area contributed by atoms with Crippen molar-refractivity contribution in [1.82, 2.24) is 15.2 Å². The van der Waals surface area contributed by atoms with E-state index in [4.69, 9.17) is 4.74 Å². The molecule has 0 radical (unpaired) electrons. The summed E-state index contributed by atoms with van der Waals surface area (Å²) < 4.78 is 42.3. The van der Waals surface area contributed by atoms with Gasteiger partial charge in [-0.15, -0.1) is 0 Å². The third-order valence-electron chi connectivity index (χ3n) is 3.85. The molecule has 1 aliphatic rings. The zero-order chi connectivity index (χ0) is 16.9. The van der Waals surface area contributed by atoms with Crippen LogP contribution in [0.2, 0.25) is 0 Å². The van der Waals surface area contributed by atoms with E-state index in [1.54, 1.807) is 7.11 Å². The van der Waals surface area contributed by atoms with Crippen molar-refractivity contribution >= 4 is 5.91 Å². The van der Waals surface area contributed by atoms with Gasteiger partial charge in [0.05, 0.1) is 12.2 Å². The third kappa shape index (κ3) is 5.18. The van der Waals surface area contributed by atoms with Gasteiger partial charge in [0.1, 0.15) is 5.69 Å². The van der Waals surface area contributed by atoms with Gasteiger partial charge >= 0.3 is 6.18 Å². The summed E-state index contributed by atoms with van der Waals surface area (Å²) in [5, 5.41) is 2.76. The number of hydrogen-bond acceptors (Lipinski definition) is 4. The van der Waals surface area contributed by atoms with Crippen LogP contribution in [0.4, 0.5) is 13.2 Å². The van der Waals surface area contributed by atoms with E-state index >= 15 is 0 Å². The second kappa shape index (κ2) is 7.74. The Hall–Kier alpha value is -1.67. The summed E-state index contributed by atoms with van der Waals surface area (Å²) in [6.07, 6.45) is -2.56. The average molecular weight is 331 g/mol. The van der Waals surface area contributed by atoms with Crippen molar-refractivity contribution in [2.45, 2.75) is 12.6 Å². The van der Waals surface area contributed by atoms with Gasteiger partial charge < -0.3 is 15.0 Å². The van der Waals surface area contributed by atoms with E-state index in [1.807, 2.05) is 0 Å². The van der Waals surface area contributed by atoms with Gasteiger partial charge in [-0.1, -0.05) is 0 Å². The third-order valence-corrected chi connectivity index (χ3v) is 3.85. The van der Waals surface area contributed by atoms with Gasteiger partial charge in [-0.3, -0.25) is 9.78 Å². The summed E-state index contributed by atoms with van der Waals surface area (Å²) >= 11 is 0. The lowest BCUT2D eigenvalue weighted by Crippen LogP contribution is -2.31. The molecule has 0 unspecified atom stereocenters. The lowest BCUT2D eigenvalue weighted by molar-refractivity contribution is -0.141. The summed E-state index contributed by atoms with van der Waals surface area (Å²) in [6, 6.07) is 1.96. The highest BCUT2D eigenvalue weighted by atomic mass is 19.4. The molecule has 2 heterocycles. The highest BCUT2D eigenvalue weighted by Gasteiger charge is 2.32. The number of nitrogens with one attached hydrogen (secondary N) is 1. The fourth-order valence-electron chi connectivity index (χ4n) is 2.54. The molecule has 0 bridgehead atoms. The molecular formula is C15H20F3N3O2. The number of alkyl halides is 3. The number of carbonyl (C=O) groups is 1. The van der Waals surface area contributed by atoms with Crippen LogP contribution >= 0.6 is 0 Å². The molecule has 0 saturated carbocycles. The molecule has 23 heavy (non-hydrogen) atoms. The predicted octanol–water partition coefficient (Wildman–Crippen LogP) is 1.80. The maximum absolute atomic E-state index is 12.4. The molecule has 1 amide bonds.